The maximum absolute atomic E-state index is 12.2. The molecule has 4 nitrogen and oxygen atoms in total. The lowest BCUT2D eigenvalue weighted by molar-refractivity contribution is -0.00660. The van der Waals surface area contributed by atoms with Crippen molar-refractivity contribution in [3.8, 4) is 0 Å². The molecule has 0 aliphatic carbocycles. The minimum absolute atomic E-state index is 0.172. The van der Waals surface area contributed by atoms with Crippen LogP contribution in [-0.2, 0) is 9.47 Å². The molecule has 0 saturated carbocycles. The Hall–Kier alpha value is -1.84. The van der Waals surface area contributed by atoms with Gasteiger partial charge in [-0.1, -0.05) is 13.8 Å². The fourth-order valence-corrected chi connectivity index (χ4v) is 2.02. The Labute approximate surface area is 139 Å². The van der Waals surface area contributed by atoms with E-state index in [9.17, 15) is 9.59 Å². The summed E-state index contributed by atoms with van der Waals surface area (Å²) in [5.41, 5.74) is 0.356. The van der Waals surface area contributed by atoms with Gasteiger partial charge < -0.3 is 9.47 Å². The van der Waals surface area contributed by atoms with Crippen molar-refractivity contribution in [3.63, 3.8) is 0 Å². The Morgan fingerprint density at radius 3 is 1.87 bits per heavy atom. The summed E-state index contributed by atoms with van der Waals surface area (Å²) < 4.78 is 10.7. The van der Waals surface area contributed by atoms with Gasteiger partial charge in [-0.2, -0.15) is 0 Å². The van der Waals surface area contributed by atoms with E-state index in [4.69, 9.17) is 9.47 Å². The van der Waals surface area contributed by atoms with Crippen LogP contribution in [0, 0.1) is 5.92 Å². The molecule has 128 valence electrons. The average molecular weight is 320 g/mol. The van der Waals surface area contributed by atoms with Gasteiger partial charge in [0.1, 0.15) is 5.60 Å². The second kappa shape index (κ2) is 8.14. The molecule has 0 spiro atoms. The maximum atomic E-state index is 12.2. The highest BCUT2D eigenvalue weighted by Crippen LogP contribution is 2.22. The first kappa shape index (κ1) is 19.2. The first-order chi connectivity index (χ1) is 10.6. The van der Waals surface area contributed by atoms with Gasteiger partial charge in [0.15, 0.2) is 0 Å². The molecule has 0 aliphatic rings. The summed E-state index contributed by atoms with van der Waals surface area (Å²) in [6.45, 7) is 11.7. The molecule has 0 saturated heterocycles. The molecular weight excluding hydrogens is 292 g/mol. The molecule has 0 unspecified atom stereocenters. The van der Waals surface area contributed by atoms with E-state index in [1.807, 2.05) is 13.8 Å². The van der Waals surface area contributed by atoms with Crippen LogP contribution in [0.1, 0.15) is 75.1 Å². The summed E-state index contributed by atoms with van der Waals surface area (Å²) in [6.07, 6.45) is 1.64. The van der Waals surface area contributed by atoms with Crippen LogP contribution in [0.3, 0.4) is 0 Å². The summed E-state index contributed by atoms with van der Waals surface area (Å²) in [5, 5.41) is 0. The van der Waals surface area contributed by atoms with Crippen LogP contribution < -0.4 is 0 Å². The molecule has 0 heterocycles. The maximum Gasteiger partial charge on any atom is 0.338 e. The van der Waals surface area contributed by atoms with Crippen LogP contribution in [0.15, 0.2) is 24.3 Å². The number of carbonyl (C=O) groups is 2. The first-order valence-electron chi connectivity index (χ1n) is 8.15. The lowest BCUT2D eigenvalue weighted by Gasteiger charge is -2.26. The van der Waals surface area contributed by atoms with Crippen molar-refractivity contribution in [2.24, 2.45) is 5.92 Å². The van der Waals surface area contributed by atoms with Gasteiger partial charge in [-0.25, -0.2) is 9.59 Å². The van der Waals surface area contributed by atoms with Gasteiger partial charge >= 0.3 is 11.9 Å². The third kappa shape index (κ3) is 6.85. The standard InChI is InChI=1S/C19H28O4/c1-13(2)11-12-19(5,6)23-18(21)16-9-7-15(8-10-16)17(20)22-14(3)4/h7-10,13-14H,11-12H2,1-6H3. The van der Waals surface area contributed by atoms with E-state index < -0.39 is 11.6 Å². The van der Waals surface area contributed by atoms with Gasteiger partial charge in [-0.15, -0.1) is 0 Å². The second-order valence-electron chi connectivity index (χ2n) is 7.11. The van der Waals surface area contributed by atoms with Crippen LogP contribution in [0.4, 0.5) is 0 Å². The molecule has 23 heavy (non-hydrogen) atoms. The Bertz CT molecular complexity index is 527. The van der Waals surface area contributed by atoms with Crippen LogP contribution in [0.5, 0.6) is 0 Å². The molecule has 0 N–H and O–H groups in total. The summed E-state index contributed by atoms with van der Waals surface area (Å²) in [6, 6.07) is 6.36. The highest BCUT2D eigenvalue weighted by atomic mass is 16.6. The topological polar surface area (TPSA) is 52.6 Å². The van der Waals surface area contributed by atoms with Crippen molar-refractivity contribution in [1.29, 1.82) is 0 Å². The van der Waals surface area contributed by atoms with Crippen molar-refractivity contribution in [3.05, 3.63) is 35.4 Å². The molecule has 1 aromatic rings. The van der Waals surface area contributed by atoms with E-state index in [-0.39, 0.29) is 12.1 Å². The molecule has 0 aliphatic heterocycles. The SMILES string of the molecule is CC(C)CCC(C)(C)OC(=O)c1ccc(C(=O)OC(C)C)cc1. The number of esters is 2. The largest absolute Gasteiger partial charge is 0.459 e. The van der Waals surface area contributed by atoms with Crippen molar-refractivity contribution in [1.82, 2.24) is 0 Å². The van der Waals surface area contributed by atoms with Gasteiger partial charge in [-0.05, 0) is 70.7 Å². The number of benzene rings is 1. The fourth-order valence-electron chi connectivity index (χ4n) is 2.02. The predicted octanol–water partition coefficient (Wildman–Crippen LogP) is 4.62. The third-order valence-corrected chi connectivity index (χ3v) is 3.39. The number of ether oxygens (including phenoxy) is 2. The monoisotopic (exact) mass is 320 g/mol. The fraction of sp³-hybridized carbons (Fsp3) is 0.579. The van der Waals surface area contributed by atoms with E-state index in [0.717, 1.165) is 12.8 Å². The van der Waals surface area contributed by atoms with Crippen LogP contribution in [0.2, 0.25) is 0 Å². The van der Waals surface area contributed by atoms with Crippen molar-refractivity contribution in [2.75, 3.05) is 0 Å². The van der Waals surface area contributed by atoms with Crippen LogP contribution >= 0.6 is 0 Å². The van der Waals surface area contributed by atoms with E-state index in [1.165, 1.54) is 0 Å². The molecular formula is C19H28O4. The molecule has 1 aromatic carbocycles. The molecule has 0 atom stereocenters. The average Bonchev–Trinajstić information content (AvgIpc) is 2.44. The summed E-state index contributed by atoms with van der Waals surface area (Å²) in [4.78, 5) is 24.0. The van der Waals surface area contributed by atoms with E-state index >= 15 is 0 Å². The zero-order valence-electron chi connectivity index (χ0n) is 15.0. The minimum atomic E-state index is -0.503. The Kier molecular flexibility index (Phi) is 6.79. The molecule has 0 bridgehead atoms. The third-order valence-electron chi connectivity index (χ3n) is 3.39. The van der Waals surface area contributed by atoms with Crippen molar-refractivity contribution in [2.45, 2.75) is 66.1 Å². The number of carbonyl (C=O) groups excluding carboxylic acids is 2. The lowest BCUT2D eigenvalue weighted by atomic mass is 9.97. The van der Waals surface area contributed by atoms with E-state index in [0.29, 0.717) is 17.0 Å². The van der Waals surface area contributed by atoms with Crippen LogP contribution in [0.25, 0.3) is 0 Å². The van der Waals surface area contributed by atoms with E-state index in [2.05, 4.69) is 13.8 Å². The van der Waals surface area contributed by atoms with Gasteiger partial charge in [0.25, 0.3) is 0 Å². The van der Waals surface area contributed by atoms with Gasteiger partial charge in [0.2, 0.25) is 0 Å². The van der Waals surface area contributed by atoms with Gasteiger partial charge in [0, 0.05) is 0 Å². The van der Waals surface area contributed by atoms with Crippen molar-refractivity contribution < 1.29 is 19.1 Å². The molecule has 0 aromatic heterocycles. The van der Waals surface area contributed by atoms with Crippen LogP contribution in [-0.4, -0.2) is 23.6 Å². The lowest BCUT2D eigenvalue weighted by Crippen LogP contribution is -2.28. The summed E-state index contributed by atoms with van der Waals surface area (Å²) in [7, 11) is 0. The zero-order valence-corrected chi connectivity index (χ0v) is 15.0. The number of hydrogen-bond donors (Lipinski definition) is 0. The number of hydrogen-bond acceptors (Lipinski definition) is 4. The smallest absolute Gasteiger partial charge is 0.338 e. The van der Waals surface area contributed by atoms with Gasteiger partial charge in [-0.3, -0.25) is 0 Å². The summed E-state index contributed by atoms with van der Waals surface area (Å²) >= 11 is 0. The highest BCUT2D eigenvalue weighted by Gasteiger charge is 2.24. The molecule has 1 rings (SSSR count). The first-order valence-corrected chi connectivity index (χ1v) is 8.15. The van der Waals surface area contributed by atoms with Gasteiger partial charge in [0.05, 0.1) is 17.2 Å². The predicted molar refractivity (Wildman–Crippen MR) is 90.6 cm³/mol. The molecule has 0 radical (unpaired) electrons. The normalized spacial score (nSPS) is 11.7. The minimum Gasteiger partial charge on any atom is -0.459 e. The Morgan fingerprint density at radius 2 is 1.43 bits per heavy atom. The molecule has 0 amide bonds. The van der Waals surface area contributed by atoms with E-state index in [1.54, 1.807) is 38.1 Å². The number of rotatable bonds is 7. The summed E-state index contributed by atoms with van der Waals surface area (Å²) in [5.74, 6) is -0.195. The Morgan fingerprint density at radius 1 is 0.957 bits per heavy atom. The Balaban J connectivity index is 2.68. The van der Waals surface area contributed by atoms with Crippen molar-refractivity contribution >= 4 is 11.9 Å². The second-order valence-corrected chi connectivity index (χ2v) is 7.11. The molecule has 0 fully saturated rings. The highest BCUT2D eigenvalue weighted by molar-refractivity contribution is 5.93. The zero-order chi connectivity index (χ0) is 17.6. The quantitative estimate of drug-likeness (QED) is 0.688. The molecule has 4 heteroatoms.